The van der Waals surface area contributed by atoms with Gasteiger partial charge in [0, 0.05) is 32.4 Å². The standard InChI is InChI=1S/C16H19F3N6/c1-11-2-3-20-14(8-11)24-4-6-25(7-5-24)16-22-9-12(17)15(23-16)21-10-13(18)19/h2-3,8-9,13H,4-7,10H2,1H3,(H,21,22,23). The number of nitrogens with zero attached hydrogens (tertiary/aromatic N) is 5. The van der Waals surface area contributed by atoms with Crippen molar-refractivity contribution in [2.24, 2.45) is 0 Å². The van der Waals surface area contributed by atoms with Crippen molar-refractivity contribution in [1.29, 1.82) is 0 Å². The maximum absolute atomic E-state index is 13.6. The number of alkyl halides is 2. The minimum Gasteiger partial charge on any atom is -0.362 e. The van der Waals surface area contributed by atoms with Crippen LogP contribution in [0.2, 0.25) is 0 Å². The second-order valence-corrected chi connectivity index (χ2v) is 5.80. The fourth-order valence-electron chi connectivity index (χ4n) is 2.64. The van der Waals surface area contributed by atoms with Gasteiger partial charge in [-0.3, -0.25) is 0 Å². The number of nitrogens with one attached hydrogen (secondary N) is 1. The fraction of sp³-hybridized carbons (Fsp3) is 0.438. The van der Waals surface area contributed by atoms with Crippen molar-refractivity contribution in [2.75, 3.05) is 47.8 Å². The van der Waals surface area contributed by atoms with Gasteiger partial charge in [-0.05, 0) is 24.6 Å². The van der Waals surface area contributed by atoms with Gasteiger partial charge in [0.05, 0.1) is 12.7 Å². The van der Waals surface area contributed by atoms with Crippen LogP contribution in [0, 0.1) is 12.7 Å². The summed E-state index contributed by atoms with van der Waals surface area (Å²) in [4.78, 5) is 16.5. The monoisotopic (exact) mass is 352 g/mol. The number of anilines is 3. The number of hydrogen-bond acceptors (Lipinski definition) is 6. The van der Waals surface area contributed by atoms with Crippen LogP contribution in [0.1, 0.15) is 5.56 Å². The number of aryl methyl sites for hydroxylation is 1. The van der Waals surface area contributed by atoms with Crippen LogP contribution >= 0.6 is 0 Å². The molecule has 25 heavy (non-hydrogen) atoms. The van der Waals surface area contributed by atoms with Gasteiger partial charge in [0.2, 0.25) is 5.95 Å². The van der Waals surface area contributed by atoms with Crippen LogP contribution in [-0.4, -0.2) is 54.1 Å². The predicted octanol–water partition coefficient (Wildman–Crippen LogP) is 2.32. The molecule has 0 radical (unpaired) electrons. The zero-order chi connectivity index (χ0) is 17.8. The second-order valence-electron chi connectivity index (χ2n) is 5.80. The molecule has 9 heteroatoms. The molecule has 0 atom stereocenters. The third kappa shape index (κ3) is 4.28. The molecule has 1 fully saturated rings. The molecule has 134 valence electrons. The first-order chi connectivity index (χ1) is 12.0. The smallest absolute Gasteiger partial charge is 0.255 e. The molecule has 0 bridgehead atoms. The van der Waals surface area contributed by atoms with Crippen LogP contribution in [0.5, 0.6) is 0 Å². The zero-order valence-electron chi connectivity index (χ0n) is 13.8. The minimum atomic E-state index is -2.58. The molecule has 1 aliphatic rings. The average Bonchev–Trinajstić information content (AvgIpc) is 2.61. The lowest BCUT2D eigenvalue weighted by Gasteiger charge is -2.35. The molecule has 0 spiro atoms. The van der Waals surface area contributed by atoms with E-state index < -0.39 is 18.8 Å². The Kier molecular flexibility index (Phi) is 5.20. The molecule has 2 aromatic rings. The molecule has 0 aliphatic carbocycles. The third-order valence-electron chi connectivity index (χ3n) is 3.94. The molecule has 0 unspecified atom stereocenters. The first-order valence-corrected chi connectivity index (χ1v) is 8.00. The van der Waals surface area contributed by atoms with Crippen molar-refractivity contribution >= 4 is 17.6 Å². The van der Waals surface area contributed by atoms with Gasteiger partial charge in [-0.1, -0.05) is 0 Å². The highest BCUT2D eigenvalue weighted by Crippen LogP contribution is 2.19. The van der Waals surface area contributed by atoms with Gasteiger partial charge in [0.15, 0.2) is 11.6 Å². The van der Waals surface area contributed by atoms with Gasteiger partial charge in [-0.25, -0.2) is 23.1 Å². The zero-order valence-corrected chi connectivity index (χ0v) is 13.8. The van der Waals surface area contributed by atoms with Crippen molar-refractivity contribution < 1.29 is 13.2 Å². The molecule has 2 aromatic heterocycles. The van der Waals surface area contributed by atoms with E-state index in [1.165, 1.54) is 0 Å². The van der Waals surface area contributed by atoms with E-state index in [2.05, 4.69) is 25.2 Å². The molecule has 3 rings (SSSR count). The summed E-state index contributed by atoms with van der Waals surface area (Å²) in [5, 5.41) is 2.31. The Morgan fingerprint density at radius 3 is 2.56 bits per heavy atom. The lowest BCUT2D eigenvalue weighted by molar-refractivity contribution is 0.163. The molecule has 0 amide bonds. The van der Waals surface area contributed by atoms with Crippen LogP contribution in [0.3, 0.4) is 0 Å². The van der Waals surface area contributed by atoms with Gasteiger partial charge in [-0.15, -0.1) is 0 Å². The highest BCUT2D eigenvalue weighted by Gasteiger charge is 2.21. The van der Waals surface area contributed by atoms with Crippen molar-refractivity contribution in [3.63, 3.8) is 0 Å². The molecular formula is C16H19F3N6. The maximum Gasteiger partial charge on any atom is 0.255 e. The van der Waals surface area contributed by atoms with Crippen LogP contribution < -0.4 is 15.1 Å². The molecule has 0 saturated carbocycles. The SMILES string of the molecule is Cc1ccnc(N2CCN(c3ncc(F)c(NCC(F)F)n3)CC2)c1. The number of piperazine rings is 1. The second kappa shape index (κ2) is 7.54. The van der Waals surface area contributed by atoms with Gasteiger partial charge in [-0.2, -0.15) is 4.98 Å². The number of pyridine rings is 1. The number of halogens is 3. The minimum absolute atomic E-state index is 0.201. The lowest BCUT2D eigenvalue weighted by Crippen LogP contribution is -2.47. The number of rotatable bonds is 5. The van der Waals surface area contributed by atoms with Gasteiger partial charge in [0.25, 0.3) is 6.43 Å². The van der Waals surface area contributed by atoms with E-state index in [0.29, 0.717) is 19.0 Å². The van der Waals surface area contributed by atoms with E-state index in [-0.39, 0.29) is 5.82 Å². The van der Waals surface area contributed by atoms with Crippen molar-refractivity contribution in [2.45, 2.75) is 13.3 Å². The van der Waals surface area contributed by atoms with Crippen molar-refractivity contribution in [1.82, 2.24) is 15.0 Å². The van der Waals surface area contributed by atoms with E-state index in [0.717, 1.165) is 30.7 Å². The Morgan fingerprint density at radius 1 is 1.16 bits per heavy atom. The summed E-state index contributed by atoms with van der Waals surface area (Å²) in [6.07, 6.45) is 0.203. The van der Waals surface area contributed by atoms with E-state index >= 15 is 0 Å². The third-order valence-corrected chi connectivity index (χ3v) is 3.94. The first kappa shape index (κ1) is 17.2. The fourth-order valence-corrected chi connectivity index (χ4v) is 2.64. The summed E-state index contributed by atoms with van der Waals surface area (Å²) in [6.45, 7) is 4.07. The summed E-state index contributed by atoms with van der Waals surface area (Å²) in [7, 11) is 0. The molecule has 1 saturated heterocycles. The number of aromatic nitrogens is 3. The summed E-state index contributed by atoms with van der Waals surface area (Å²) in [6, 6.07) is 3.97. The van der Waals surface area contributed by atoms with Crippen LogP contribution in [0.4, 0.5) is 30.8 Å². The van der Waals surface area contributed by atoms with E-state index in [4.69, 9.17) is 0 Å². The largest absolute Gasteiger partial charge is 0.362 e. The Balaban J connectivity index is 1.65. The van der Waals surface area contributed by atoms with Gasteiger partial charge in [0.1, 0.15) is 5.82 Å². The molecule has 6 nitrogen and oxygen atoms in total. The first-order valence-electron chi connectivity index (χ1n) is 8.00. The number of hydrogen-bond donors (Lipinski definition) is 1. The van der Waals surface area contributed by atoms with Gasteiger partial charge < -0.3 is 15.1 Å². The Morgan fingerprint density at radius 2 is 1.88 bits per heavy atom. The highest BCUT2D eigenvalue weighted by atomic mass is 19.3. The average molecular weight is 352 g/mol. The van der Waals surface area contributed by atoms with Crippen molar-refractivity contribution in [3.8, 4) is 0 Å². The Bertz CT molecular complexity index is 719. The topological polar surface area (TPSA) is 57.2 Å². The van der Waals surface area contributed by atoms with E-state index in [9.17, 15) is 13.2 Å². The Hall–Kier alpha value is -2.58. The normalized spacial score (nSPS) is 14.9. The summed E-state index contributed by atoms with van der Waals surface area (Å²) in [5.41, 5.74) is 1.14. The summed E-state index contributed by atoms with van der Waals surface area (Å²) in [5.74, 6) is 0.300. The molecule has 0 aromatic carbocycles. The molecular weight excluding hydrogens is 333 g/mol. The van der Waals surface area contributed by atoms with Crippen molar-refractivity contribution in [3.05, 3.63) is 35.9 Å². The summed E-state index contributed by atoms with van der Waals surface area (Å²) < 4.78 is 38.2. The van der Waals surface area contributed by atoms with Crippen LogP contribution in [0.25, 0.3) is 0 Å². The predicted molar refractivity (Wildman–Crippen MR) is 89.9 cm³/mol. The quantitative estimate of drug-likeness (QED) is 0.891. The van der Waals surface area contributed by atoms with Gasteiger partial charge >= 0.3 is 0 Å². The highest BCUT2D eigenvalue weighted by molar-refractivity contribution is 5.46. The summed E-state index contributed by atoms with van der Waals surface area (Å²) >= 11 is 0. The molecule has 3 heterocycles. The Labute approximate surface area is 143 Å². The van der Waals surface area contributed by atoms with E-state index in [1.807, 2.05) is 24.0 Å². The van der Waals surface area contributed by atoms with Crippen LogP contribution in [-0.2, 0) is 0 Å². The maximum atomic E-state index is 13.6. The van der Waals surface area contributed by atoms with E-state index in [1.54, 1.807) is 6.20 Å². The lowest BCUT2D eigenvalue weighted by atomic mass is 10.2. The van der Waals surface area contributed by atoms with Crippen LogP contribution in [0.15, 0.2) is 24.5 Å². The molecule has 1 aliphatic heterocycles. The molecule has 1 N–H and O–H groups in total.